The van der Waals surface area contributed by atoms with Crippen molar-refractivity contribution >= 4 is 32.6 Å². The molecule has 27 heavy (non-hydrogen) atoms. The van der Waals surface area contributed by atoms with Gasteiger partial charge in [0.15, 0.2) is 5.13 Å². The number of hydrogen-bond acceptors (Lipinski definition) is 3. The molecule has 0 aliphatic rings. The largest absolute Gasteiger partial charge is 0.279 e. The SMILES string of the molecule is Cc1cccc2sc(N(Cc3ccccc3)C(=O)c3cccc(F)c3)nc12. The highest BCUT2D eigenvalue weighted by atomic mass is 32.1. The van der Waals surface area contributed by atoms with Crippen molar-refractivity contribution < 1.29 is 9.18 Å². The Bertz CT molecular complexity index is 1110. The maximum atomic E-state index is 13.7. The van der Waals surface area contributed by atoms with E-state index in [-0.39, 0.29) is 5.91 Å². The fourth-order valence-corrected chi connectivity index (χ4v) is 4.00. The molecule has 5 heteroatoms. The molecular formula is C22H17FN2OS. The van der Waals surface area contributed by atoms with Gasteiger partial charge in [-0.3, -0.25) is 9.69 Å². The molecule has 1 aromatic heterocycles. The number of rotatable bonds is 4. The van der Waals surface area contributed by atoms with Crippen molar-refractivity contribution in [2.24, 2.45) is 0 Å². The van der Waals surface area contributed by atoms with Crippen molar-refractivity contribution in [1.82, 2.24) is 4.98 Å². The molecular weight excluding hydrogens is 359 g/mol. The van der Waals surface area contributed by atoms with Crippen LogP contribution in [0.3, 0.4) is 0 Å². The first-order valence-corrected chi connectivity index (χ1v) is 9.41. The first-order chi connectivity index (χ1) is 13.1. The van der Waals surface area contributed by atoms with Crippen LogP contribution < -0.4 is 4.90 Å². The van der Waals surface area contributed by atoms with Gasteiger partial charge in [0, 0.05) is 5.56 Å². The number of amides is 1. The summed E-state index contributed by atoms with van der Waals surface area (Å²) in [5.41, 5.74) is 3.25. The Labute approximate surface area is 160 Å². The van der Waals surface area contributed by atoms with Gasteiger partial charge in [0.05, 0.1) is 16.8 Å². The Kier molecular flexibility index (Phi) is 4.69. The first kappa shape index (κ1) is 17.4. The van der Waals surface area contributed by atoms with E-state index in [9.17, 15) is 9.18 Å². The van der Waals surface area contributed by atoms with Crippen LogP contribution in [0.5, 0.6) is 0 Å². The lowest BCUT2D eigenvalue weighted by Crippen LogP contribution is -2.30. The van der Waals surface area contributed by atoms with E-state index in [2.05, 4.69) is 0 Å². The smallest absolute Gasteiger partial charge is 0.260 e. The predicted octanol–water partition coefficient (Wildman–Crippen LogP) is 5.59. The van der Waals surface area contributed by atoms with Crippen LogP contribution in [0.15, 0.2) is 72.8 Å². The molecule has 0 radical (unpaired) electrons. The third-order valence-electron chi connectivity index (χ3n) is 4.34. The number of aryl methyl sites for hydroxylation is 1. The van der Waals surface area contributed by atoms with Gasteiger partial charge in [-0.2, -0.15) is 0 Å². The molecule has 1 amide bonds. The second kappa shape index (κ2) is 7.29. The van der Waals surface area contributed by atoms with Gasteiger partial charge < -0.3 is 0 Å². The summed E-state index contributed by atoms with van der Waals surface area (Å²) >= 11 is 1.47. The zero-order chi connectivity index (χ0) is 18.8. The number of carbonyl (C=O) groups excluding carboxylic acids is 1. The Morgan fingerprint density at radius 2 is 1.81 bits per heavy atom. The molecule has 0 bridgehead atoms. The average molecular weight is 376 g/mol. The number of nitrogens with zero attached hydrogens (tertiary/aromatic N) is 2. The highest BCUT2D eigenvalue weighted by Gasteiger charge is 2.22. The second-order valence-corrected chi connectivity index (χ2v) is 7.31. The van der Waals surface area contributed by atoms with Crippen LogP contribution in [-0.4, -0.2) is 10.9 Å². The maximum Gasteiger partial charge on any atom is 0.260 e. The summed E-state index contributed by atoms with van der Waals surface area (Å²) in [5, 5.41) is 0.609. The van der Waals surface area contributed by atoms with Gasteiger partial charge in [-0.05, 0) is 42.3 Å². The lowest BCUT2D eigenvalue weighted by Gasteiger charge is -2.20. The van der Waals surface area contributed by atoms with Gasteiger partial charge in [-0.1, -0.05) is 59.9 Å². The summed E-state index contributed by atoms with van der Waals surface area (Å²) in [5.74, 6) is -0.698. The lowest BCUT2D eigenvalue weighted by molar-refractivity contribution is 0.0984. The van der Waals surface area contributed by atoms with Crippen molar-refractivity contribution in [2.45, 2.75) is 13.5 Å². The molecule has 4 aromatic rings. The van der Waals surface area contributed by atoms with E-state index in [0.29, 0.717) is 17.2 Å². The Morgan fingerprint density at radius 1 is 1.04 bits per heavy atom. The summed E-state index contributed by atoms with van der Waals surface area (Å²) in [7, 11) is 0. The van der Waals surface area contributed by atoms with Gasteiger partial charge in [0.25, 0.3) is 5.91 Å². The minimum atomic E-state index is -0.430. The van der Waals surface area contributed by atoms with E-state index in [4.69, 9.17) is 4.98 Å². The van der Waals surface area contributed by atoms with Crippen LogP contribution >= 0.6 is 11.3 Å². The van der Waals surface area contributed by atoms with Crippen molar-refractivity contribution in [1.29, 1.82) is 0 Å². The third-order valence-corrected chi connectivity index (χ3v) is 5.38. The van der Waals surface area contributed by atoms with E-state index in [0.717, 1.165) is 21.3 Å². The molecule has 0 aliphatic carbocycles. The van der Waals surface area contributed by atoms with E-state index in [1.54, 1.807) is 17.0 Å². The standard InChI is InChI=1S/C22H17FN2OS/c1-15-7-5-12-19-20(15)24-22(27-19)25(14-16-8-3-2-4-9-16)21(26)17-10-6-11-18(23)13-17/h2-13H,14H2,1H3. The number of halogens is 1. The average Bonchev–Trinajstić information content (AvgIpc) is 3.12. The number of benzene rings is 3. The van der Waals surface area contributed by atoms with Crippen molar-refractivity contribution in [3.63, 3.8) is 0 Å². The fraction of sp³-hybridized carbons (Fsp3) is 0.0909. The number of para-hydroxylation sites is 1. The van der Waals surface area contributed by atoms with Gasteiger partial charge >= 0.3 is 0 Å². The molecule has 3 nitrogen and oxygen atoms in total. The minimum Gasteiger partial charge on any atom is -0.279 e. The minimum absolute atomic E-state index is 0.268. The van der Waals surface area contributed by atoms with E-state index < -0.39 is 5.82 Å². The number of aromatic nitrogens is 1. The van der Waals surface area contributed by atoms with E-state index >= 15 is 0 Å². The summed E-state index contributed by atoms with van der Waals surface area (Å²) < 4.78 is 14.7. The second-order valence-electron chi connectivity index (χ2n) is 6.31. The summed E-state index contributed by atoms with van der Waals surface area (Å²) in [6, 6.07) is 21.5. The topological polar surface area (TPSA) is 33.2 Å². The number of anilines is 1. The summed E-state index contributed by atoms with van der Waals surface area (Å²) in [4.78, 5) is 19.5. The van der Waals surface area contributed by atoms with Crippen LogP contribution in [0, 0.1) is 12.7 Å². The highest BCUT2D eigenvalue weighted by molar-refractivity contribution is 7.22. The molecule has 0 aliphatic heterocycles. The van der Waals surface area contributed by atoms with Crippen LogP contribution in [0.1, 0.15) is 21.5 Å². The molecule has 0 spiro atoms. The monoisotopic (exact) mass is 376 g/mol. The molecule has 0 unspecified atom stereocenters. The zero-order valence-corrected chi connectivity index (χ0v) is 15.5. The summed E-state index contributed by atoms with van der Waals surface area (Å²) in [6.07, 6.45) is 0. The van der Waals surface area contributed by atoms with Crippen LogP contribution in [0.2, 0.25) is 0 Å². The summed E-state index contributed by atoms with van der Waals surface area (Å²) in [6.45, 7) is 2.37. The molecule has 0 saturated heterocycles. The quantitative estimate of drug-likeness (QED) is 0.465. The normalized spacial score (nSPS) is 10.9. The molecule has 134 valence electrons. The molecule has 0 saturated carbocycles. The fourth-order valence-electron chi connectivity index (χ4n) is 2.96. The van der Waals surface area contributed by atoms with Gasteiger partial charge in [-0.15, -0.1) is 0 Å². The predicted molar refractivity (Wildman–Crippen MR) is 108 cm³/mol. The molecule has 3 aromatic carbocycles. The van der Waals surface area contributed by atoms with Gasteiger partial charge in [0.2, 0.25) is 0 Å². The number of fused-ring (bicyclic) bond motifs is 1. The lowest BCUT2D eigenvalue weighted by atomic mass is 10.1. The van der Waals surface area contributed by atoms with Gasteiger partial charge in [0.1, 0.15) is 5.82 Å². The third kappa shape index (κ3) is 3.59. The van der Waals surface area contributed by atoms with E-state index in [1.807, 2.05) is 55.5 Å². The number of hydrogen-bond donors (Lipinski definition) is 0. The molecule has 4 rings (SSSR count). The van der Waals surface area contributed by atoms with Crippen LogP contribution in [0.4, 0.5) is 9.52 Å². The van der Waals surface area contributed by atoms with Crippen LogP contribution in [-0.2, 0) is 6.54 Å². The Morgan fingerprint density at radius 3 is 2.56 bits per heavy atom. The highest BCUT2D eigenvalue weighted by Crippen LogP contribution is 2.32. The molecule has 0 N–H and O–H groups in total. The Balaban J connectivity index is 1.79. The Hall–Kier alpha value is -3.05. The van der Waals surface area contributed by atoms with Crippen molar-refractivity contribution in [3.8, 4) is 0 Å². The van der Waals surface area contributed by atoms with E-state index in [1.165, 1.54) is 23.5 Å². The zero-order valence-electron chi connectivity index (χ0n) is 14.7. The van der Waals surface area contributed by atoms with Crippen LogP contribution in [0.25, 0.3) is 10.2 Å². The molecule has 0 atom stereocenters. The first-order valence-electron chi connectivity index (χ1n) is 8.59. The van der Waals surface area contributed by atoms with Crippen molar-refractivity contribution in [2.75, 3.05) is 4.90 Å². The maximum absolute atomic E-state index is 13.7. The van der Waals surface area contributed by atoms with Gasteiger partial charge in [-0.25, -0.2) is 9.37 Å². The van der Waals surface area contributed by atoms with Crippen molar-refractivity contribution in [3.05, 3.63) is 95.3 Å². The number of thiazole rings is 1. The number of carbonyl (C=O) groups is 1. The molecule has 1 heterocycles. The molecule has 0 fully saturated rings.